The lowest BCUT2D eigenvalue weighted by molar-refractivity contribution is -0.127. The number of nitrogens with zero attached hydrogens (tertiary/aromatic N) is 6. The summed E-state index contributed by atoms with van der Waals surface area (Å²) in [7, 11) is 0. The second-order valence-electron chi connectivity index (χ2n) is 5.90. The monoisotopic (exact) mass is 346 g/mol. The summed E-state index contributed by atoms with van der Waals surface area (Å²) in [5.74, 6) is -0.274. The fourth-order valence-electron chi connectivity index (χ4n) is 2.77. The lowest BCUT2D eigenvalue weighted by Crippen LogP contribution is -2.34. The van der Waals surface area contributed by atoms with Gasteiger partial charge in [0.2, 0.25) is 0 Å². The van der Waals surface area contributed by atoms with Gasteiger partial charge < -0.3 is 0 Å². The maximum absolute atomic E-state index is 13.1. The van der Waals surface area contributed by atoms with Crippen LogP contribution in [0.25, 0.3) is 0 Å². The summed E-state index contributed by atoms with van der Waals surface area (Å²) in [6.07, 6.45) is 1.88. The SMILES string of the molecule is CCCCn1nnnc1CN1C(=O)[C@H](C)N(c2ccc(F)cc2)C1=O. The number of rotatable bonds is 6. The van der Waals surface area contributed by atoms with Gasteiger partial charge in [-0.25, -0.2) is 13.9 Å². The molecule has 8 nitrogen and oxygen atoms in total. The Balaban J connectivity index is 1.81. The molecular formula is C16H19FN6O2. The molecular weight excluding hydrogens is 327 g/mol. The third kappa shape index (κ3) is 3.21. The number of halogens is 1. The molecule has 0 unspecified atom stereocenters. The number of hydrogen-bond acceptors (Lipinski definition) is 5. The lowest BCUT2D eigenvalue weighted by Gasteiger charge is -2.19. The van der Waals surface area contributed by atoms with E-state index in [9.17, 15) is 14.0 Å². The summed E-state index contributed by atoms with van der Waals surface area (Å²) >= 11 is 0. The van der Waals surface area contributed by atoms with E-state index in [0.29, 0.717) is 18.1 Å². The highest BCUT2D eigenvalue weighted by Crippen LogP contribution is 2.26. The number of imide groups is 1. The van der Waals surface area contributed by atoms with Gasteiger partial charge in [0, 0.05) is 12.2 Å². The first kappa shape index (κ1) is 17.0. The van der Waals surface area contributed by atoms with Crippen molar-refractivity contribution >= 4 is 17.6 Å². The Labute approximate surface area is 144 Å². The molecule has 1 saturated heterocycles. The minimum atomic E-state index is -0.669. The zero-order chi connectivity index (χ0) is 18.0. The quantitative estimate of drug-likeness (QED) is 0.747. The smallest absolute Gasteiger partial charge is 0.282 e. The number of unbranched alkanes of at least 4 members (excludes halogenated alkanes) is 1. The van der Waals surface area contributed by atoms with Crippen LogP contribution in [-0.4, -0.2) is 43.1 Å². The number of amides is 3. The second kappa shape index (κ2) is 6.96. The molecule has 0 bridgehead atoms. The first-order valence-electron chi connectivity index (χ1n) is 8.18. The summed E-state index contributed by atoms with van der Waals surface area (Å²) in [4.78, 5) is 27.7. The van der Waals surface area contributed by atoms with Gasteiger partial charge in [0.25, 0.3) is 5.91 Å². The minimum absolute atomic E-state index is 0.0103. The Morgan fingerprint density at radius 1 is 1.20 bits per heavy atom. The molecule has 1 fully saturated rings. The van der Waals surface area contributed by atoms with Crippen LogP contribution in [0.3, 0.4) is 0 Å². The van der Waals surface area contributed by atoms with E-state index in [4.69, 9.17) is 0 Å². The molecule has 25 heavy (non-hydrogen) atoms. The zero-order valence-corrected chi connectivity index (χ0v) is 14.1. The predicted octanol–water partition coefficient (Wildman–Crippen LogP) is 1.97. The van der Waals surface area contributed by atoms with Crippen molar-refractivity contribution in [3.8, 4) is 0 Å². The molecule has 1 aromatic carbocycles. The highest BCUT2D eigenvalue weighted by molar-refractivity contribution is 6.13. The van der Waals surface area contributed by atoms with Gasteiger partial charge in [-0.1, -0.05) is 13.3 Å². The average molecular weight is 346 g/mol. The number of hydrogen-bond donors (Lipinski definition) is 0. The van der Waals surface area contributed by atoms with Gasteiger partial charge >= 0.3 is 6.03 Å². The lowest BCUT2D eigenvalue weighted by atomic mass is 10.2. The second-order valence-corrected chi connectivity index (χ2v) is 5.90. The number of aryl methyl sites for hydroxylation is 1. The Hall–Kier alpha value is -2.84. The van der Waals surface area contributed by atoms with Crippen LogP contribution in [0.2, 0.25) is 0 Å². The molecule has 0 aliphatic carbocycles. The largest absolute Gasteiger partial charge is 0.332 e. The zero-order valence-electron chi connectivity index (χ0n) is 14.1. The predicted molar refractivity (Wildman–Crippen MR) is 87.0 cm³/mol. The third-order valence-corrected chi connectivity index (χ3v) is 4.18. The molecule has 0 saturated carbocycles. The maximum Gasteiger partial charge on any atom is 0.332 e. The van der Waals surface area contributed by atoms with Gasteiger partial charge in [0.1, 0.15) is 11.9 Å². The number of aromatic nitrogens is 4. The summed E-state index contributed by atoms with van der Waals surface area (Å²) in [5, 5.41) is 11.5. The molecule has 2 heterocycles. The molecule has 3 amide bonds. The highest BCUT2D eigenvalue weighted by Gasteiger charge is 2.43. The van der Waals surface area contributed by atoms with Crippen LogP contribution < -0.4 is 4.90 Å². The molecule has 1 atom stereocenters. The van der Waals surface area contributed by atoms with E-state index >= 15 is 0 Å². The minimum Gasteiger partial charge on any atom is -0.282 e. The van der Waals surface area contributed by atoms with Crippen LogP contribution in [0.4, 0.5) is 14.9 Å². The van der Waals surface area contributed by atoms with Crippen LogP contribution in [-0.2, 0) is 17.9 Å². The number of carbonyl (C=O) groups excluding carboxylic acids is 2. The van der Waals surface area contributed by atoms with Crippen molar-refractivity contribution in [3.05, 3.63) is 35.9 Å². The topological polar surface area (TPSA) is 84.2 Å². The number of carbonyl (C=O) groups is 2. The summed E-state index contributed by atoms with van der Waals surface area (Å²) in [6.45, 7) is 4.34. The Bertz CT molecular complexity index is 775. The summed E-state index contributed by atoms with van der Waals surface area (Å²) < 4.78 is 14.7. The molecule has 3 rings (SSSR count). The van der Waals surface area contributed by atoms with E-state index in [-0.39, 0.29) is 12.5 Å². The summed E-state index contributed by atoms with van der Waals surface area (Å²) in [5.41, 5.74) is 0.473. The Morgan fingerprint density at radius 2 is 1.92 bits per heavy atom. The number of benzene rings is 1. The van der Waals surface area contributed by atoms with Gasteiger partial charge in [-0.2, -0.15) is 0 Å². The number of tetrazole rings is 1. The van der Waals surface area contributed by atoms with E-state index in [1.54, 1.807) is 11.6 Å². The standard InChI is InChI=1S/C16H19FN6O2/c1-3-4-9-22-14(18-19-20-22)10-21-15(24)11(2)23(16(21)25)13-7-5-12(17)6-8-13/h5-8,11H,3-4,9-10H2,1-2H3/t11-/m0/s1. The fraction of sp³-hybridized carbons (Fsp3) is 0.438. The third-order valence-electron chi connectivity index (χ3n) is 4.18. The molecule has 1 aliphatic rings. The number of anilines is 1. The highest BCUT2D eigenvalue weighted by atomic mass is 19.1. The van der Waals surface area contributed by atoms with E-state index in [1.165, 1.54) is 29.2 Å². The van der Waals surface area contributed by atoms with Crippen LogP contribution in [0.5, 0.6) is 0 Å². The van der Waals surface area contributed by atoms with Crippen LogP contribution in [0.1, 0.15) is 32.5 Å². The summed E-state index contributed by atoms with van der Waals surface area (Å²) in [6, 6.07) is 4.34. The first-order valence-corrected chi connectivity index (χ1v) is 8.18. The van der Waals surface area contributed by atoms with E-state index < -0.39 is 17.9 Å². The Morgan fingerprint density at radius 3 is 2.60 bits per heavy atom. The van der Waals surface area contributed by atoms with Gasteiger partial charge in [0.05, 0.1) is 6.54 Å². The fourth-order valence-corrected chi connectivity index (χ4v) is 2.77. The Kier molecular flexibility index (Phi) is 4.73. The van der Waals surface area contributed by atoms with Gasteiger partial charge in [-0.15, -0.1) is 5.10 Å². The van der Waals surface area contributed by atoms with E-state index in [1.807, 2.05) is 0 Å². The molecule has 1 aliphatic heterocycles. The van der Waals surface area contributed by atoms with Crippen molar-refractivity contribution in [2.24, 2.45) is 0 Å². The molecule has 0 N–H and O–H groups in total. The van der Waals surface area contributed by atoms with Crippen molar-refractivity contribution in [3.63, 3.8) is 0 Å². The van der Waals surface area contributed by atoms with Crippen molar-refractivity contribution < 1.29 is 14.0 Å². The van der Waals surface area contributed by atoms with Crippen molar-refractivity contribution in [2.45, 2.75) is 45.8 Å². The van der Waals surface area contributed by atoms with Gasteiger partial charge in [-0.3, -0.25) is 14.6 Å². The molecule has 1 aromatic heterocycles. The molecule has 0 radical (unpaired) electrons. The molecule has 0 spiro atoms. The van der Waals surface area contributed by atoms with Crippen LogP contribution in [0, 0.1) is 5.82 Å². The van der Waals surface area contributed by atoms with Gasteiger partial charge in [0.15, 0.2) is 5.82 Å². The molecule has 132 valence electrons. The first-order chi connectivity index (χ1) is 12.0. The van der Waals surface area contributed by atoms with Crippen molar-refractivity contribution in [1.82, 2.24) is 25.1 Å². The van der Waals surface area contributed by atoms with Crippen molar-refractivity contribution in [2.75, 3.05) is 4.90 Å². The normalized spacial score (nSPS) is 17.6. The van der Waals surface area contributed by atoms with Gasteiger partial charge in [-0.05, 0) is 48.0 Å². The maximum atomic E-state index is 13.1. The number of urea groups is 1. The van der Waals surface area contributed by atoms with Crippen LogP contribution in [0.15, 0.2) is 24.3 Å². The van der Waals surface area contributed by atoms with E-state index in [2.05, 4.69) is 22.4 Å². The average Bonchev–Trinajstić information content (AvgIpc) is 3.13. The van der Waals surface area contributed by atoms with Crippen LogP contribution >= 0.6 is 0 Å². The molecule has 9 heteroatoms. The van der Waals surface area contributed by atoms with Crippen molar-refractivity contribution in [1.29, 1.82) is 0 Å². The molecule has 2 aromatic rings. The van der Waals surface area contributed by atoms with E-state index in [0.717, 1.165) is 17.7 Å².